The van der Waals surface area contributed by atoms with Gasteiger partial charge in [0.25, 0.3) is 11.8 Å². The number of aromatic carboxylic acids is 1. The van der Waals surface area contributed by atoms with Crippen LogP contribution in [-0.4, -0.2) is 44.5 Å². The minimum absolute atomic E-state index is 0.0462. The Kier molecular flexibility index (Phi) is 4.16. The minimum Gasteiger partial charge on any atom is -0.476 e. The number of amides is 2. The van der Waals surface area contributed by atoms with Crippen LogP contribution in [0.25, 0.3) is 0 Å². The summed E-state index contributed by atoms with van der Waals surface area (Å²) in [5.74, 6) is -1.80. The predicted molar refractivity (Wildman–Crippen MR) is 85.1 cm³/mol. The number of carbonyl (C=O) groups is 3. The molecule has 1 aromatic heterocycles. The number of hydrogen-bond acceptors (Lipinski definition) is 4. The lowest BCUT2D eigenvalue weighted by Crippen LogP contribution is -2.32. The Morgan fingerprint density at radius 3 is 2.33 bits per heavy atom. The van der Waals surface area contributed by atoms with Crippen LogP contribution in [0.2, 0.25) is 0 Å². The zero-order chi connectivity index (χ0) is 17.3. The lowest BCUT2D eigenvalue weighted by atomic mass is 10.1. The zero-order valence-corrected chi connectivity index (χ0v) is 13.2. The minimum atomic E-state index is -1.12. The Labute approximate surface area is 138 Å². The van der Waals surface area contributed by atoms with Gasteiger partial charge in [0.15, 0.2) is 5.69 Å². The molecule has 0 saturated carbocycles. The molecule has 24 heavy (non-hydrogen) atoms. The maximum absolute atomic E-state index is 12.4. The van der Waals surface area contributed by atoms with Crippen molar-refractivity contribution in [1.29, 1.82) is 0 Å². The van der Waals surface area contributed by atoms with Crippen molar-refractivity contribution in [3.8, 4) is 0 Å². The van der Waals surface area contributed by atoms with Gasteiger partial charge >= 0.3 is 5.97 Å². The normalized spacial score (nSPS) is 13.5. The highest BCUT2D eigenvalue weighted by Crippen LogP contribution is 2.23. The monoisotopic (exact) mass is 327 g/mol. The third-order valence-corrected chi connectivity index (χ3v) is 4.12. The Morgan fingerprint density at radius 1 is 1.17 bits per heavy atom. The van der Waals surface area contributed by atoms with Gasteiger partial charge in [-0.2, -0.15) is 5.10 Å². The SMILES string of the molecule is CCCc1[nH]nc(C(=O)O)c1CCN1C(=O)c2ccccc2C1=O. The molecule has 124 valence electrons. The van der Waals surface area contributed by atoms with E-state index < -0.39 is 5.97 Å². The average molecular weight is 327 g/mol. The number of fused-ring (bicyclic) bond motifs is 1. The van der Waals surface area contributed by atoms with Crippen LogP contribution in [0.15, 0.2) is 24.3 Å². The van der Waals surface area contributed by atoms with Crippen molar-refractivity contribution in [2.45, 2.75) is 26.2 Å². The molecule has 0 spiro atoms. The number of carboxylic acids is 1. The fourth-order valence-electron chi connectivity index (χ4n) is 2.97. The van der Waals surface area contributed by atoms with E-state index in [4.69, 9.17) is 0 Å². The molecular weight excluding hydrogens is 310 g/mol. The molecule has 1 aliphatic rings. The Bertz CT molecular complexity index is 790. The molecule has 3 rings (SSSR count). The summed E-state index contributed by atoms with van der Waals surface area (Å²) in [6, 6.07) is 6.67. The van der Waals surface area contributed by atoms with Gasteiger partial charge in [-0.15, -0.1) is 0 Å². The van der Waals surface area contributed by atoms with E-state index in [1.54, 1.807) is 24.3 Å². The first kappa shape index (κ1) is 15.9. The second-order valence-corrected chi connectivity index (χ2v) is 5.64. The maximum Gasteiger partial charge on any atom is 0.356 e. The largest absolute Gasteiger partial charge is 0.476 e. The van der Waals surface area contributed by atoms with Crippen molar-refractivity contribution in [2.24, 2.45) is 0 Å². The van der Waals surface area contributed by atoms with E-state index in [9.17, 15) is 19.5 Å². The highest BCUT2D eigenvalue weighted by atomic mass is 16.4. The summed E-state index contributed by atoms with van der Waals surface area (Å²) in [4.78, 5) is 37.2. The van der Waals surface area contributed by atoms with Gasteiger partial charge in [0.1, 0.15) is 0 Å². The first-order valence-electron chi connectivity index (χ1n) is 7.79. The smallest absolute Gasteiger partial charge is 0.356 e. The summed E-state index contributed by atoms with van der Waals surface area (Å²) >= 11 is 0. The van der Waals surface area contributed by atoms with E-state index in [0.717, 1.165) is 12.1 Å². The fourth-order valence-corrected chi connectivity index (χ4v) is 2.97. The van der Waals surface area contributed by atoms with E-state index in [1.165, 1.54) is 4.90 Å². The molecule has 7 nitrogen and oxygen atoms in total. The van der Waals surface area contributed by atoms with Gasteiger partial charge in [-0.3, -0.25) is 19.6 Å². The van der Waals surface area contributed by atoms with Crippen molar-refractivity contribution >= 4 is 17.8 Å². The number of benzene rings is 1. The summed E-state index contributed by atoms with van der Waals surface area (Å²) in [5.41, 5.74) is 2.03. The molecule has 2 heterocycles. The van der Waals surface area contributed by atoms with Gasteiger partial charge in [0, 0.05) is 17.8 Å². The molecule has 0 atom stereocenters. The number of aromatic amines is 1. The van der Waals surface area contributed by atoms with Crippen LogP contribution < -0.4 is 0 Å². The van der Waals surface area contributed by atoms with Crippen molar-refractivity contribution in [1.82, 2.24) is 15.1 Å². The highest BCUT2D eigenvalue weighted by Gasteiger charge is 2.35. The Hall–Kier alpha value is -2.96. The number of hydrogen-bond donors (Lipinski definition) is 2. The molecule has 7 heteroatoms. The molecule has 1 aromatic carbocycles. The number of imide groups is 1. The van der Waals surface area contributed by atoms with Gasteiger partial charge in [-0.25, -0.2) is 4.79 Å². The maximum atomic E-state index is 12.4. The lowest BCUT2D eigenvalue weighted by molar-refractivity contribution is 0.0655. The number of nitrogens with zero attached hydrogens (tertiary/aromatic N) is 2. The second-order valence-electron chi connectivity index (χ2n) is 5.64. The molecule has 1 aliphatic heterocycles. The summed E-state index contributed by atoms with van der Waals surface area (Å²) < 4.78 is 0. The van der Waals surface area contributed by atoms with Crippen LogP contribution in [0, 0.1) is 0 Å². The quantitative estimate of drug-likeness (QED) is 0.789. The van der Waals surface area contributed by atoms with Crippen LogP contribution in [0.1, 0.15) is 55.8 Å². The van der Waals surface area contributed by atoms with Crippen molar-refractivity contribution in [3.05, 3.63) is 52.3 Å². The predicted octanol–water partition coefficient (Wildman–Crippen LogP) is 1.90. The van der Waals surface area contributed by atoms with Crippen LogP contribution in [0.3, 0.4) is 0 Å². The van der Waals surface area contributed by atoms with Crippen LogP contribution in [0.5, 0.6) is 0 Å². The van der Waals surface area contributed by atoms with Gasteiger partial charge in [0.2, 0.25) is 0 Å². The topological polar surface area (TPSA) is 103 Å². The summed E-state index contributed by atoms with van der Waals surface area (Å²) in [7, 11) is 0. The Balaban J connectivity index is 1.82. The third kappa shape index (κ3) is 2.58. The number of carbonyl (C=O) groups excluding carboxylic acids is 2. The van der Waals surface area contributed by atoms with Crippen LogP contribution in [0.4, 0.5) is 0 Å². The van der Waals surface area contributed by atoms with Gasteiger partial charge < -0.3 is 5.11 Å². The van der Waals surface area contributed by atoms with E-state index in [1.807, 2.05) is 6.92 Å². The van der Waals surface area contributed by atoms with Crippen molar-refractivity contribution in [2.75, 3.05) is 6.54 Å². The highest BCUT2D eigenvalue weighted by molar-refractivity contribution is 6.21. The number of aryl methyl sites for hydroxylation is 1. The zero-order valence-electron chi connectivity index (χ0n) is 13.2. The number of nitrogens with one attached hydrogen (secondary N) is 1. The first-order chi connectivity index (χ1) is 11.5. The fraction of sp³-hybridized carbons (Fsp3) is 0.294. The van der Waals surface area contributed by atoms with Crippen LogP contribution >= 0.6 is 0 Å². The molecule has 0 unspecified atom stereocenters. The summed E-state index contributed by atoms with van der Waals surface area (Å²) in [6.07, 6.45) is 1.76. The molecule has 0 fully saturated rings. The molecule has 0 saturated heterocycles. The summed E-state index contributed by atoms with van der Waals surface area (Å²) in [6.45, 7) is 2.11. The number of H-pyrrole nitrogens is 1. The molecular formula is C17H17N3O4. The lowest BCUT2D eigenvalue weighted by Gasteiger charge is -2.14. The molecule has 0 aliphatic carbocycles. The van der Waals surface area contributed by atoms with E-state index in [-0.39, 0.29) is 30.5 Å². The molecule has 2 amide bonds. The standard InChI is InChI=1S/C17H17N3O4/c1-2-5-13-12(14(17(23)24)19-18-13)8-9-20-15(21)10-6-3-4-7-11(10)16(20)22/h3-4,6-7H,2,5,8-9H2,1H3,(H,18,19)(H,23,24). The van der Waals surface area contributed by atoms with Gasteiger partial charge in [0.05, 0.1) is 11.1 Å². The number of rotatable bonds is 6. The van der Waals surface area contributed by atoms with E-state index >= 15 is 0 Å². The molecule has 0 radical (unpaired) electrons. The van der Waals surface area contributed by atoms with E-state index in [0.29, 0.717) is 23.1 Å². The first-order valence-corrected chi connectivity index (χ1v) is 7.79. The van der Waals surface area contributed by atoms with Crippen molar-refractivity contribution in [3.63, 3.8) is 0 Å². The summed E-state index contributed by atoms with van der Waals surface area (Å²) in [5, 5.41) is 15.9. The molecule has 0 bridgehead atoms. The van der Waals surface area contributed by atoms with Gasteiger partial charge in [-0.1, -0.05) is 25.5 Å². The average Bonchev–Trinajstić information content (AvgIpc) is 3.07. The molecule has 2 aromatic rings. The van der Waals surface area contributed by atoms with E-state index in [2.05, 4.69) is 10.2 Å². The van der Waals surface area contributed by atoms with Gasteiger partial charge in [-0.05, 0) is 25.0 Å². The van der Waals surface area contributed by atoms with Crippen molar-refractivity contribution < 1.29 is 19.5 Å². The number of carboxylic acid groups (broad SMARTS) is 1. The third-order valence-electron chi connectivity index (χ3n) is 4.12. The number of aromatic nitrogens is 2. The second kappa shape index (κ2) is 6.27. The Morgan fingerprint density at radius 2 is 1.79 bits per heavy atom. The van der Waals surface area contributed by atoms with Crippen LogP contribution in [-0.2, 0) is 12.8 Å². The molecule has 2 N–H and O–H groups in total.